The van der Waals surface area contributed by atoms with Crippen LogP contribution in [0.2, 0.25) is 5.15 Å². The van der Waals surface area contributed by atoms with E-state index in [2.05, 4.69) is 9.88 Å². The first-order chi connectivity index (χ1) is 9.91. The van der Waals surface area contributed by atoms with E-state index in [1.54, 1.807) is 4.90 Å². The fraction of sp³-hybridized carbons (Fsp3) is 0.538. The summed E-state index contributed by atoms with van der Waals surface area (Å²) in [6.45, 7) is 1.16. The van der Waals surface area contributed by atoms with Crippen LogP contribution < -0.4 is 0 Å². The topological polar surface area (TPSA) is 79.6 Å². The number of pyridine rings is 1. The van der Waals surface area contributed by atoms with E-state index in [1.807, 2.05) is 14.1 Å². The molecule has 1 saturated heterocycles. The zero-order valence-corrected chi connectivity index (χ0v) is 12.7. The van der Waals surface area contributed by atoms with Crippen molar-refractivity contribution >= 4 is 23.2 Å². The first-order valence-electron chi connectivity index (χ1n) is 6.66. The van der Waals surface area contributed by atoms with Gasteiger partial charge in [-0.1, -0.05) is 11.6 Å². The molecule has 114 valence electrons. The highest BCUT2D eigenvalue weighted by molar-refractivity contribution is 6.32. The summed E-state index contributed by atoms with van der Waals surface area (Å²) in [6.07, 6.45) is 3.02. The van der Waals surface area contributed by atoms with E-state index < -0.39 is 10.6 Å². The van der Waals surface area contributed by atoms with Crippen LogP contribution in [0, 0.1) is 10.1 Å². The second kappa shape index (κ2) is 6.36. The molecule has 0 saturated carbocycles. The molecule has 1 fully saturated rings. The van der Waals surface area contributed by atoms with Gasteiger partial charge in [0.25, 0.3) is 5.91 Å². The highest BCUT2D eigenvalue weighted by Gasteiger charge is 2.30. The molecule has 1 aliphatic rings. The van der Waals surface area contributed by atoms with Gasteiger partial charge in [-0.05, 0) is 33.0 Å². The van der Waals surface area contributed by atoms with Crippen LogP contribution in [0.1, 0.15) is 23.2 Å². The predicted molar refractivity (Wildman–Crippen MR) is 78.5 cm³/mol. The Balaban J connectivity index is 2.19. The fourth-order valence-electron chi connectivity index (χ4n) is 2.53. The maximum Gasteiger partial charge on any atom is 0.319 e. The number of nitrogens with zero attached hydrogens (tertiary/aromatic N) is 4. The third-order valence-electron chi connectivity index (χ3n) is 3.77. The van der Waals surface area contributed by atoms with Gasteiger partial charge < -0.3 is 9.80 Å². The molecule has 0 aliphatic carbocycles. The van der Waals surface area contributed by atoms with Gasteiger partial charge in [-0.3, -0.25) is 14.9 Å². The number of carbonyl (C=O) groups excluding carboxylic acids is 1. The van der Waals surface area contributed by atoms with Crippen LogP contribution in [0.25, 0.3) is 0 Å². The minimum Gasteiger partial charge on any atom is -0.338 e. The lowest BCUT2D eigenvalue weighted by atomic mass is 10.0. The number of piperidine rings is 1. The Morgan fingerprint density at radius 3 is 2.62 bits per heavy atom. The van der Waals surface area contributed by atoms with Crippen molar-refractivity contribution in [2.24, 2.45) is 0 Å². The average molecular weight is 313 g/mol. The summed E-state index contributed by atoms with van der Waals surface area (Å²) in [5, 5.41) is 10.8. The molecule has 8 heteroatoms. The Kier molecular flexibility index (Phi) is 4.74. The van der Waals surface area contributed by atoms with Crippen LogP contribution in [0.3, 0.4) is 0 Å². The van der Waals surface area contributed by atoms with E-state index >= 15 is 0 Å². The number of rotatable bonds is 3. The molecule has 1 aromatic rings. The molecule has 7 nitrogen and oxygen atoms in total. The average Bonchev–Trinajstić information content (AvgIpc) is 2.46. The van der Waals surface area contributed by atoms with Crippen LogP contribution in [-0.2, 0) is 0 Å². The second-order valence-corrected chi connectivity index (χ2v) is 5.60. The normalized spacial score (nSPS) is 16.3. The van der Waals surface area contributed by atoms with Crippen molar-refractivity contribution in [2.45, 2.75) is 18.9 Å². The molecule has 2 heterocycles. The summed E-state index contributed by atoms with van der Waals surface area (Å²) in [5.41, 5.74) is -0.415. The molecule has 1 aromatic heterocycles. The number of likely N-dealkylation sites (tertiary alicyclic amines) is 1. The first kappa shape index (κ1) is 15.7. The maximum absolute atomic E-state index is 12.5. The third-order valence-corrected chi connectivity index (χ3v) is 4.05. The number of aromatic nitrogens is 1. The number of nitro groups is 1. The van der Waals surface area contributed by atoms with Crippen LogP contribution in [0.5, 0.6) is 0 Å². The Morgan fingerprint density at radius 1 is 1.48 bits per heavy atom. The van der Waals surface area contributed by atoms with E-state index in [-0.39, 0.29) is 16.6 Å². The molecular weight excluding hydrogens is 296 g/mol. The lowest BCUT2D eigenvalue weighted by Gasteiger charge is -2.35. The van der Waals surface area contributed by atoms with E-state index in [0.29, 0.717) is 19.1 Å². The number of carbonyl (C=O) groups is 1. The van der Waals surface area contributed by atoms with Crippen molar-refractivity contribution in [3.05, 3.63) is 33.1 Å². The number of hydrogen-bond donors (Lipinski definition) is 0. The van der Waals surface area contributed by atoms with Crippen molar-refractivity contribution in [3.8, 4) is 0 Å². The quantitative estimate of drug-likeness (QED) is 0.483. The van der Waals surface area contributed by atoms with Gasteiger partial charge in [-0.25, -0.2) is 4.98 Å². The Labute approximate surface area is 127 Å². The Bertz CT molecular complexity index is 556. The lowest BCUT2D eigenvalue weighted by Crippen LogP contribution is -2.44. The van der Waals surface area contributed by atoms with Gasteiger partial charge in [0, 0.05) is 25.3 Å². The van der Waals surface area contributed by atoms with Gasteiger partial charge in [-0.2, -0.15) is 0 Å². The largest absolute Gasteiger partial charge is 0.338 e. The second-order valence-electron chi connectivity index (χ2n) is 5.24. The maximum atomic E-state index is 12.5. The number of amides is 1. The van der Waals surface area contributed by atoms with Gasteiger partial charge in [0.15, 0.2) is 0 Å². The molecule has 1 aliphatic heterocycles. The summed E-state index contributed by atoms with van der Waals surface area (Å²) >= 11 is 5.74. The van der Waals surface area contributed by atoms with Crippen molar-refractivity contribution in [2.75, 3.05) is 27.2 Å². The monoisotopic (exact) mass is 312 g/mol. The minimum atomic E-state index is -0.658. The molecule has 21 heavy (non-hydrogen) atoms. The molecule has 0 unspecified atom stereocenters. The van der Waals surface area contributed by atoms with Crippen molar-refractivity contribution in [1.82, 2.24) is 14.8 Å². The number of halogens is 1. The molecule has 0 atom stereocenters. The van der Waals surface area contributed by atoms with Gasteiger partial charge >= 0.3 is 5.69 Å². The van der Waals surface area contributed by atoms with Gasteiger partial charge in [0.1, 0.15) is 5.56 Å². The van der Waals surface area contributed by atoms with Crippen LogP contribution in [0.4, 0.5) is 5.69 Å². The van der Waals surface area contributed by atoms with E-state index in [4.69, 9.17) is 11.6 Å². The SMILES string of the molecule is CN(C)C1CCN(C(=O)c2ccnc(Cl)c2[N+](=O)[O-])CC1. The molecule has 0 spiro atoms. The predicted octanol–water partition coefficient (Wildman–Crippen LogP) is 1.81. The summed E-state index contributed by atoms with van der Waals surface area (Å²) in [7, 11) is 4.02. The molecule has 0 aromatic carbocycles. The van der Waals surface area contributed by atoms with Crippen LogP contribution in [0.15, 0.2) is 12.3 Å². The highest BCUT2D eigenvalue weighted by atomic mass is 35.5. The summed E-state index contributed by atoms with van der Waals surface area (Å²) < 4.78 is 0. The van der Waals surface area contributed by atoms with Gasteiger partial charge in [-0.15, -0.1) is 0 Å². The molecule has 0 N–H and O–H groups in total. The third kappa shape index (κ3) is 3.30. The first-order valence-corrected chi connectivity index (χ1v) is 7.04. The zero-order valence-electron chi connectivity index (χ0n) is 12.0. The highest BCUT2D eigenvalue weighted by Crippen LogP contribution is 2.28. The van der Waals surface area contributed by atoms with Crippen LogP contribution >= 0.6 is 11.6 Å². The fourth-order valence-corrected chi connectivity index (χ4v) is 2.76. The summed E-state index contributed by atoms with van der Waals surface area (Å²) in [4.78, 5) is 30.3. The van der Waals surface area contributed by atoms with Crippen molar-refractivity contribution in [3.63, 3.8) is 0 Å². The summed E-state index contributed by atoms with van der Waals surface area (Å²) in [5.74, 6) is -0.358. The van der Waals surface area contributed by atoms with Gasteiger partial charge in [0.05, 0.1) is 4.92 Å². The Hall–Kier alpha value is -1.73. The standard InChI is InChI=1S/C13H17ClN4O3/c1-16(2)9-4-7-17(8-5-9)13(19)10-3-6-15-12(14)11(10)18(20)21/h3,6,9H,4-5,7-8H2,1-2H3. The van der Waals surface area contributed by atoms with Gasteiger partial charge in [0.2, 0.25) is 5.15 Å². The molecule has 0 bridgehead atoms. The summed E-state index contributed by atoms with van der Waals surface area (Å²) in [6, 6.07) is 1.79. The van der Waals surface area contributed by atoms with Crippen LogP contribution in [-0.4, -0.2) is 58.8 Å². The van der Waals surface area contributed by atoms with E-state index in [9.17, 15) is 14.9 Å². The lowest BCUT2D eigenvalue weighted by molar-refractivity contribution is -0.385. The molecule has 2 rings (SSSR count). The molecule has 0 radical (unpaired) electrons. The van der Waals surface area contributed by atoms with Crippen molar-refractivity contribution < 1.29 is 9.72 Å². The molecule has 1 amide bonds. The van der Waals surface area contributed by atoms with E-state index in [0.717, 1.165) is 12.8 Å². The molecular formula is C13H17ClN4O3. The zero-order chi connectivity index (χ0) is 15.6. The minimum absolute atomic E-state index is 0.00306. The number of hydrogen-bond acceptors (Lipinski definition) is 5. The van der Waals surface area contributed by atoms with E-state index in [1.165, 1.54) is 12.3 Å². The smallest absolute Gasteiger partial charge is 0.319 e. The Morgan fingerprint density at radius 2 is 2.10 bits per heavy atom. The van der Waals surface area contributed by atoms with Crippen molar-refractivity contribution in [1.29, 1.82) is 0 Å².